The highest BCUT2D eigenvalue weighted by molar-refractivity contribution is 8.13. The van der Waals surface area contributed by atoms with Gasteiger partial charge in [-0.1, -0.05) is 20.3 Å². The predicted molar refractivity (Wildman–Crippen MR) is 81.9 cm³/mol. The summed E-state index contributed by atoms with van der Waals surface area (Å²) in [5, 5.41) is 2.69. The van der Waals surface area contributed by atoms with Gasteiger partial charge in [0.15, 0.2) is 5.03 Å². The van der Waals surface area contributed by atoms with Crippen molar-refractivity contribution in [2.45, 2.75) is 64.1 Å². The van der Waals surface area contributed by atoms with Crippen LogP contribution in [0.5, 0.6) is 0 Å². The number of carbonyl (C=O) groups excluding carboxylic acids is 1. The van der Waals surface area contributed by atoms with Crippen molar-refractivity contribution < 1.29 is 13.2 Å². The molecule has 0 saturated heterocycles. The predicted octanol–water partition coefficient (Wildman–Crippen LogP) is 2.24. The zero-order valence-corrected chi connectivity index (χ0v) is 14.3. The number of aryl methyl sites for hydroxylation is 1. The third kappa shape index (κ3) is 4.71. The number of aromatic nitrogens is 2. The summed E-state index contributed by atoms with van der Waals surface area (Å²) >= 11 is 0. The molecule has 1 N–H and O–H groups in total. The zero-order chi connectivity index (χ0) is 16.2. The van der Waals surface area contributed by atoms with Gasteiger partial charge in [0.25, 0.3) is 9.05 Å². The highest BCUT2D eigenvalue weighted by Crippen LogP contribution is 2.19. The molecular weight excluding hydrogens is 314 g/mol. The van der Waals surface area contributed by atoms with Crippen LogP contribution in [0.25, 0.3) is 0 Å². The number of hydrogen-bond acceptors (Lipinski definition) is 4. The highest BCUT2D eigenvalue weighted by atomic mass is 35.7. The van der Waals surface area contributed by atoms with Crippen LogP contribution in [0.4, 0.5) is 0 Å². The SMILES string of the molecule is CCCC(C)NC(=O)C(C)n1cc(S(=O)(=O)Cl)nc1CC. The second-order valence-electron chi connectivity index (χ2n) is 5.07. The summed E-state index contributed by atoms with van der Waals surface area (Å²) in [6, 6.07) is -0.464. The van der Waals surface area contributed by atoms with Crippen LogP contribution in [-0.4, -0.2) is 29.9 Å². The summed E-state index contributed by atoms with van der Waals surface area (Å²) < 4.78 is 24.3. The van der Waals surface area contributed by atoms with Crippen molar-refractivity contribution in [2.24, 2.45) is 0 Å². The van der Waals surface area contributed by atoms with E-state index >= 15 is 0 Å². The van der Waals surface area contributed by atoms with Gasteiger partial charge in [-0.2, -0.15) is 0 Å². The molecular formula is C13H22ClN3O3S. The number of hydrogen-bond donors (Lipinski definition) is 1. The second kappa shape index (κ2) is 7.26. The number of imidazole rings is 1. The van der Waals surface area contributed by atoms with E-state index < -0.39 is 15.1 Å². The van der Waals surface area contributed by atoms with E-state index in [1.807, 2.05) is 13.8 Å². The molecule has 0 spiro atoms. The quantitative estimate of drug-likeness (QED) is 0.775. The Morgan fingerprint density at radius 1 is 1.43 bits per heavy atom. The maximum atomic E-state index is 12.2. The Kier molecular flexibility index (Phi) is 6.22. The number of halogens is 1. The molecule has 0 saturated carbocycles. The van der Waals surface area contributed by atoms with Crippen LogP contribution in [0.15, 0.2) is 11.2 Å². The number of nitrogens with zero attached hydrogens (tertiary/aromatic N) is 2. The molecule has 2 unspecified atom stereocenters. The molecule has 1 aromatic heterocycles. The molecule has 8 heteroatoms. The van der Waals surface area contributed by atoms with Gasteiger partial charge in [0, 0.05) is 29.3 Å². The largest absolute Gasteiger partial charge is 0.352 e. The van der Waals surface area contributed by atoms with E-state index in [0.717, 1.165) is 12.8 Å². The van der Waals surface area contributed by atoms with Gasteiger partial charge in [0.1, 0.15) is 11.9 Å². The van der Waals surface area contributed by atoms with Crippen molar-refractivity contribution in [3.05, 3.63) is 12.0 Å². The fraction of sp³-hybridized carbons (Fsp3) is 0.692. The smallest absolute Gasteiger partial charge is 0.280 e. The van der Waals surface area contributed by atoms with Gasteiger partial charge in [0.2, 0.25) is 5.91 Å². The zero-order valence-electron chi connectivity index (χ0n) is 12.8. The molecule has 0 bridgehead atoms. The lowest BCUT2D eigenvalue weighted by Gasteiger charge is -2.19. The Hall–Kier alpha value is -1.08. The van der Waals surface area contributed by atoms with Crippen LogP contribution in [0.1, 0.15) is 52.4 Å². The van der Waals surface area contributed by atoms with Crippen LogP contribution in [0.2, 0.25) is 0 Å². The molecule has 120 valence electrons. The third-order valence-electron chi connectivity index (χ3n) is 3.26. The van der Waals surface area contributed by atoms with Gasteiger partial charge in [-0.15, -0.1) is 0 Å². The van der Waals surface area contributed by atoms with Crippen molar-refractivity contribution in [1.82, 2.24) is 14.9 Å². The van der Waals surface area contributed by atoms with Gasteiger partial charge < -0.3 is 9.88 Å². The van der Waals surface area contributed by atoms with Crippen LogP contribution < -0.4 is 5.32 Å². The van der Waals surface area contributed by atoms with Crippen molar-refractivity contribution >= 4 is 25.6 Å². The molecule has 1 amide bonds. The molecule has 2 atom stereocenters. The van der Waals surface area contributed by atoms with Crippen LogP contribution in [0, 0.1) is 0 Å². The summed E-state index contributed by atoms with van der Waals surface area (Å²) in [7, 11) is 1.41. The topological polar surface area (TPSA) is 81.1 Å². The lowest BCUT2D eigenvalue weighted by molar-refractivity contribution is -0.124. The minimum atomic E-state index is -3.90. The average molecular weight is 336 g/mol. The summed E-state index contributed by atoms with van der Waals surface area (Å²) in [5.41, 5.74) is 0. The van der Waals surface area contributed by atoms with E-state index in [0.29, 0.717) is 12.2 Å². The molecule has 1 rings (SSSR count). The van der Waals surface area contributed by atoms with Gasteiger partial charge in [-0.05, 0) is 20.3 Å². The first kappa shape index (κ1) is 18.0. The Morgan fingerprint density at radius 2 is 2.05 bits per heavy atom. The number of nitrogens with one attached hydrogen (secondary N) is 1. The summed E-state index contributed by atoms with van der Waals surface area (Å²) in [6.07, 6.45) is 3.70. The van der Waals surface area contributed by atoms with E-state index in [1.165, 1.54) is 6.20 Å². The van der Waals surface area contributed by atoms with Gasteiger partial charge in [-0.3, -0.25) is 4.79 Å². The molecule has 1 heterocycles. The number of amides is 1. The first-order valence-electron chi connectivity index (χ1n) is 7.03. The van der Waals surface area contributed by atoms with Crippen LogP contribution in [0.3, 0.4) is 0 Å². The highest BCUT2D eigenvalue weighted by Gasteiger charge is 2.23. The van der Waals surface area contributed by atoms with E-state index in [9.17, 15) is 13.2 Å². The number of carbonyl (C=O) groups is 1. The molecule has 6 nitrogen and oxygen atoms in total. The van der Waals surface area contributed by atoms with E-state index in [2.05, 4.69) is 17.2 Å². The molecule has 0 aliphatic heterocycles. The summed E-state index contributed by atoms with van der Waals surface area (Å²) in [5.74, 6) is 0.349. The van der Waals surface area contributed by atoms with Crippen molar-refractivity contribution in [2.75, 3.05) is 0 Å². The van der Waals surface area contributed by atoms with Crippen molar-refractivity contribution in [3.8, 4) is 0 Å². The average Bonchev–Trinajstić information content (AvgIpc) is 2.81. The molecule has 0 fully saturated rings. The standard InChI is InChI=1S/C13H22ClN3O3S/c1-5-7-9(3)15-13(18)10(4)17-8-12(21(14,19)20)16-11(17)6-2/h8-10H,5-7H2,1-4H3,(H,15,18). The Balaban J connectivity index is 2.98. The normalized spacial score (nSPS) is 14.7. The van der Waals surface area contributed by atoms with Crippen LogP contribution in [-0.2, 0) is 20.3 Å². The summed E-state index contributed by atoms with van der Waals surface area (Å²) in [4.78, 5) is 16.2. The van der Waals surface area contributed by atoms with E-state index in [4.69, 9.17) is 10.7 Å². The molecule has 1 aromatic rings. The maximum absolute atomic E-state index is 12.2. The maximum Gasteiger partial charge on any atom is 0.280 e. The first-order chi connectivity index (χ1) is 9.70. The minimum absolute atomic E-state index is 0.0785. The minimum Gasteiger partial charge on any atom is -0.352 e. The lowest BCUT2D eigenvalue weighted by atomic mass is 10.2. The summed E-state index contributed by atoms with van der Waals surface area (Å²) in [6.45, 7) is 7.54. The second-order valence-corrected chi connectivity index (χ2v) is 7.58. The van der Waals surface area contributed by atoms with Crippen molar-refractivity contribution in [3.63, 3.8) is 0 Å². The molecule has 0 radical (unpaired) electrons. The first-order valence-corrected chi connectivity index (χ1v) is 9.34. The van der Waals surface area contributed by atoms with Crippen molar-refractivity contribution in [1.29, 1.82) is 0 Å². The van der Waals surface area contributed by atoms with E-state index in [1.54, 1.807) is 11.5 Å². The fourth-order valence-electron chi connectivity index (χ4n) is 2.12. The fourth-order valence-corrected chi connectivity index (χ4v) is 2.79. The Labute approximate surface area is 130 Å². The number of rotatable bonds is 7. The van der Waals surface area contributed by atoms with Crippen LogP contribution >= 0.6 is 10.7 Å². The Morgan fingerprint density at radius 3 is 2.52 bits per heavy atom. The lowest BCUT2D eigenvalue weighted by Crippen LogP contribution is -2.37. The van der Waals surface area contributed by atoms with Gasteiger partial charge in [0.05, 0.1) is 0 Å². The molecule has 0 aliphatic rings. The van der Waals surface area contributed by atoms with E-state index in [-0.39, 0.29) is 17.0 Å². The third-order valence-corrected chi connectivity index (χ3v) is 4.43. The van der Waals surface area contributed by atoms with Gasteiger partial charge in [-0.25, -0.2) is 13.4 Å². The molecule has 0 aliphatic carbocycles. The Bertz CT molecular complexity index is 598. The molecule has 21 heavy (non-hydrogen) atoms. The molecule has 0 aromatic carbocycles. The van der Waals surface area contributed by atoms with Gasteiger partial charge >= 0.3 is 0 Å². The monoisotopic (exact) mass is 335 g/mol.